The van der Waals surface area contributed by atoms with Gasteiger partial charge >= 0.3 is 0 Å². The van der Waals surface area contributed by atoms with Gasteiger partial charge in [0.2, 0.25) is 0 Å². The molecule has 4 heteroatoms. The SMILES string of the molecule is CCOc1cc(CN2CCC[C@](CO)(Cc3ccccc3C)C2)ccc1OC. The van der Waals surface area contributed by atoms with Crippen molar-refractivity contribution < 1.29 is 14.6 Å². The minimum absolute atomic E-state index is 0.0699. The zero-order valence-electron chi connectivity index (χ0n) is 17.4. The van der Waals surface area contributed by atoms with Crippen LogP contribution >= 0.6 is 0 Å². The highest BCUT2D eigenvalue weighted by Crippen LogP contribution is 2.35. The lowest BCUT2D eigenvalue weighted by Crippen LogP contribution is -2.46. The van der Waals surface area contributed by atoms with Crippen LogP contribution < -0.4 is 9.47 Å². The summed E-state index contributed by atoms with van der Waals surface area (Å²) in [6.07, 6.45) is 3.11. The van der Waals surface area contributed by atoms with Gasteiger partial charge < -0.3 is 14.6 Å². The van der Waals surface area contributed by atoms with Crippen LogP contribution in [0.15, 0.2) is 42.5 Å². The number of aliphatic hydroxyl groups excluding tert-OH is 1. The van der Waals surface area contributed by atoms with Crippen molar-refractivity contribution in [2.75, 3.05) is 33.4 Å². The van der Waals surface area contributed by atoms with Crippen LogP contribution in [-0.2, 0) is 13.0 Å². The fourth-order valence-corrected chi connectivity index (χ4v) is 4.33. The quantitative estimate of drug-likeness (QED) is 0.741. The predicted octanol–water partition coefficient (Wildman–Crippen LogP) is 4.22. The summed E-state index contributed by atoms with van der Waals surface area (Å²) in [4.78, 5) is 2.47. The number of hydrogen-bond acceptors (Lipinski definition) is 4. The largest absolute Gasteiger partial charge is 0.493 e. The standard InChI is InChI=1S/C24H33NO3/c1-4-28-23-14-20(10-11-22(23)27-3)16-25-13-7-12-24(17-25,18-26)15-21-9-6-5-8-19(21)2/h5-6,8-11,14,26H,4,7,12-13,15-18H2,1-3H3/t24-/m0/s1. The third-order valence-corrected chi connectivity index (χ3v) is 5.84. The van der Waals surface area contributed by atoms with E-state index in [1.807, 2.05) is 13.0 Å². The summed E-state index contributed by atoms with van der Waals surface area (Å²) >= 11 is 0. The summed E-state index contributed by atoms with van der Waals surface area (Å²) in [7, 11) is 1.67. The van der Waals surface area contributed by atoms with Crippen molar-refractivity contribution >= 4 is 0 Å². The predicted molar refractivity (Wildman–Crippen MR) is 113 cm³/mol. The van der Waals surface area contributed by atoms with Gasteiger partial charge in [-0.1, -0.05) is 30.3 Å². The molecule has 1 saturated heterocycles. The lowest BCUT2D eigenvalue weighted by atomic mass is 9.75. The first-order valence-corrected chi connectivity index (χ1v) is 10.3. The van der Waals surface area contributed by atoms with Crippen molar-refractivity contribution in [2.24, 2.45) is 5.41 Å². The molecule has 1 N–H and O–H groups in total. The van der Waals surface area contributed by atoms with Crippen molar-refractivity contribution in [2.45, 2.75) is 39.7 Å². The lowest BCUT2D eigenvalue weighted by Gasteiger charge is -2.42. The van der Waals surface area contributed by atoms with E-state index in [0.717, 1.165) is 50.4 Å². The Balaban J connectivity index is 1.73. The number of benzene rings is 2. The maximum atomic E-state index is 10.3. The first-order valence-electron chi connectivity index (χ1n) is 10.3. The van der Waals surface area contributed by atoms with Crippen LogP contribution in [0.3, 0.4) is 0 Å². The molecule has 1 fully saturated rings. The highest BCUT2D eigenvalue weighted by Gasteiger charge is 2.35. The van der Waals surface area contributed by atoms with E-state index in [2.05, 4.69) is 48.2 Å². The van der Waals surface area contributed by atoms with E-state index in [1.165, 1.54) is 16.7 Å². The molecule has 0 unspecified atom stereocenters. The molecule has 2 aromatic rings. The van der Waals surface area contributed by atoms with Gasteiger partial charge in [-0.3, -0.25) is 4.90 Å². The molecular weight excluding hydrogens is 350 g/mol. The van der Waals surface area contributed by atoms with Gasteiger partial charge in [-0.25, -0.2) is 0 Å². The fourth-order valence-electron chi connectivity index (χ4n) is 4.33. The van der Waals surface area contributed by atoms with E-state index in [-0.39, 0.29) is 12.0 Å². The minimum Gasteiger partial charge on any atom is -0.493 e. The summed E-state index contributed by atoms with van der Waals surface area (Å²) < 4.78 is 11.1. The molecule has 0 saturated carbocycles. The molecule has 1 aliphatic rings. The van der Waals surface area contributed by atoms with Gasteiger partial charge in [0.1, 0.15) is 0 Å². The van der Waals surface area contributed by atoms with Crippen LogP contribution in [0.2, 0.25) is 0 Å². The van der Waals surface area contributed by atoms with Gasteiger partial charge in [-0.05, 0) is 68.5 Å². The molecule has 1 aliphatic heterocycles. The van der Waals surface area contributed by atoms with Crippen molar-refractivity contribution in [1.82, 2.24) is 4.90 Å². The molecule has 0 aromatic heterocycles. The van der Waals surface area contributed by atoms with Crippen LogP contribution in [0, 0.1) is 12.3 Å². The topological polar surface area (TPSA) is 41.9 Å². The normalized spacial score (nSPS) is 20.1. The average molecular weight is 384 g/mol. The second-order valence-corrected chi connectivity index (χ2v) is 7.99. The summed E-state index contributed by atoms with van der Waals surface area (Å²) in [5.41, 5.74) is 3.80. The number of nitrogens with zero attached hydrogens (tertiary/aromatic N) is 1. The molecule has 1 atom stereocenters. The van der Waals surface area contributed by atoms with Gasteiger partial charge in [-0.15, -0.1) is 0 Å². The number of methoxy groups -OCH3 is 1. The van der Waals surface area contributed by atoms with E-state index in [4.69, 9.17) is 9.47 Å². The first-order chi connectivity index (χ1) is 13.6. The van der Waals surface area contributed by atoms with Crippen molar-refractivity contribution in [3.63, 3.8) is 0 Å². The van der Waals surface area contributed by atoms with E-state index in [9.17, 15) is 5.11 Å². The molecular formula is C24H33NO3. The molecule has 0 aliphatic carbocycles. The molecule has 4 nitrogen and oxygen atoms in total. The smallest absolute Gasteiger partial charge is 0.161 e. The molecule has 3 rings (SSSR count). The van der Waals surface area contributed by atoms with Gasteiger partial charge in [0.25, 0.3) is 0 Å². The number of hydrogen-bond donors (Lipinski definition) is 1. The molecule has 0 bridgehead atoms. The van der Waals surface area contributed by atoms with Crippen molar-refractivity contribution in [1.29, 1.82) is 0 Å². The summed E-state index contributed by atoms with van der Waals surface area (Å²) in [6.45, 7) is 7.82. The molecule has 28 heavy (non-hydrogen) atoms. The van der Waals surface area contributed by atoms with Crippen molar-refractivity contribution in [3.05, 3.63) is 59.2 Å². The fraction of sp³-hybridized carbons (Fsp3) is 0.500. The molecule has 152 valence electrons. The summed E-state index contributed by atoms with van der Waals surface area (Å²) in [5, 5.41) is 10.3. The Morgan fingerprint density at radius 2 is 1.96 bits per heavy atom. The second kappa shape index (κ2) is 9.44. The highest BCUT2D eigenvalue weighted by atomic mass is 16.5. The Kier molecular flexibility index (Phi) is 6.97. The Morgan fingerprint density at radius 1 is 1.14 bits per heavy atom. The van der Waals surface area contributed by atoms with Gasteiger partial charge in [-0.2, -0.15) is 0 Å². The number of piperidine rings is 1. The summed E-state index contributed by atoms with van der Waals surface area (Å²) in [6, 6.07) is 14.7. The second-order valence-electron chi connectivity index (χ2n) is 7.99. The van der Waals surface area contributed by atoms with E-state index < -0.39 is 0 Å². The summed E-state index contributed by atoms with van der Waals surface area (Å²) in [5.74, 6) is 1.57. The third-order valence-electron chi connectivity index (χ3n) is 5.84. The zero-order chi connectivity index (χ0) is 20.0. The van der Waals surface area contributed by atoms with E-state index in [1.54, 1.807) is 7.11 Å². The highest BCUT2D eigenvalue weighted by molar-refractivity contribution is 5.43. The van der Waals surface area contributed by atoms with Crippen LogP contribution in [0.1, 0.15) is 36.5 Å². The third kappa shape index (κ3) is 4.86. The first kappa shape index (κ1) is 20.7. The maximum absolute atomic E-state index is 10.3. The number of likely N-dealkylation sites (tertiary alicyclic amines) is 1. The number of ether oxygens (including phenoxy) is 2. The van der Waals surface area contributed by atoms with Crippen LogP contribution in [-0.4, -0.2) is 43.4 Å². The Morgan fingerprint density at radius 3 is 2.68 bits per heavy atom. The molecule has 2 aromatic carbocycles. The Bertz CT molecular complexity index is 776. The van der Waals surface area contributed by atoms with E-state index in [0.29, 0.717) is 6.61 Å². The monoisotopic (exact) mass is 383 g/mol. The van der Waals surface area contributed by atoms with Crippen LogP contribution in [0.4, 0.5) is 0 Å². The molecule has 0 radical (unpaired) electrons. The lowest BCUT2D eigenvalue weighted by molar-refractivity contribution is 0.0287. The number of rotatable bonds is 8. The van der Waals surface area contributed by atoms with E-state index >= 15 is 0 Å². The van der Waals surface area contributed by atoms with Gasteiger partial charge in [0, 0.05) is 18.5 Å². The molecule has 0 spiro atoms. The Hall–Kier alpha value is -2.04. The van der Waals surface area contributed by atoms with Crippen molar-refractivity contribution in [3.8, 4) is 11.5 Å². The zero-order valence-corrected chi connectivity index (χ0v) is 17.4. The minimum atomic E-state index is -0.0699. The molecule has 1 heterocycles. The van der Waals surface area contributed by atoms with Gasteiger partial charge in [0.05, 0.1) is 20.3 Å². The van der Waals surface area contributed by atoms with Gasteiger partial charge in [0.15, 0.2) is 11.5 Å². The van der Waals surface area contributed by atoms with Crippen LogP contribution in [0.5, 0.6) is 11.5 Å². The average Bonchev–Trinajstić information content (AvgIpc) is 2.71. The van der Waals surface area contributed by atoms with Crippen LogP contribution in [0.25, 0.3) is 0 Å². The number of aliphatic hydroxyl groups is 1. The number of aryl methyl sites for hydroxylation is 1. The maximum Gasteiger partial charge on any atom is 0.161 e. The Labute approximate surface area is 169 Å². The molecule has 0 amide bonds.